The van der Waals surface area contributed by atoms with Gasteiger partial charge in [0, 0.05) is 5.92 Å². The first kappa shape index (κ1) is 10.2. The lowest BCUT2D eigenvalue weighted by Crippen LogP contribution is -2.07. The molecule has 0 spiro atoms. The van der Waals surface area contributed by atoms with E-state index in [1.54, 1.807) is 0 Å². The summed E-state index contributed by atoms with van der Waals surface area (Å²) in [4.78, 5) is 4.36. The Bertz CT molecular complexity index is 250. The Morgan fingerprint density at radius 2 is 2.00 bits per heavy atom. The van der Waals surface area contributed by atoms with E-state index in [1.807, 2.05) is 6.92 Å². The lowest BCUT2D eigenvalue weighted by atomic mass is 10.0. The van der Waals surface area contributed by atoms with E-state index in [2.05, 4.69) is 29.0 Å². The van der Waals surface area contributed by atoms with Crippen molar-refractivity contribution in [2.24, 2.45) is 5.73 Å². The second-order valence-corrected chi connectivity index (χ2v) is 3.38. The minimum absolute atomic E-state index is 0.0596. The van der Waals surface area contributed by atoms with Crippen molar-refractivity contribution in [3.8, 4) is 0 Å². The van der Waals surface area contributed by atoms with Gasteiger partial charge in [0.1, 0.15) is 5.82 Å². The molecule has 0 bridgehead atoms. The average molecular weight is 182 g/mol. The maximum Gasteiger partial charge on any atom is 0.153 e. The SMILES string of the molecule is CCC(CC)c1n[nH]c(C(C)N)n1. The molecule has 1 unspecified atom stereocenters. The minimum atomic E-state index is -0.0596. The zero-order chi connectivity index (χ0) is 9.84. The van der Waals surface area contributed by atoms with Crippen LogP contribution >= 0.6 is 0 Å². The van der Waals surface area contributed by atoms with Gasteiger partial charge in [0.25, 0.3) is 0 Å². The third kappa shape index (κ3) is 2.28. The highest BCUT2D eigenvalue weighted by molar-refractivity contribution is 4.99. The van der Waals surface area contributed by atoms with Gasteiger partial charge in [0.15, 0.2) is 5.82 Å². The zero-order valence-corrected chi connectivity index (χ0v) is 8.54. The first-order valence-corrected chi connectivity index (χ1v) is 4.86. The molecule has 13 heavy (non-hydrogen) atoms. The van der Waals surface area contributed by atoms with E-state index in [1.165, 1.54) is 0 Å². The highest BCUT2D eigenvalue weighted by atomic mass is 15.2. The Labute approximate surface area is 78.9 Å². The molecule has 0 saturated carbocycles. The topological polar surface area (TPSA) is 67.6 Å². The number of nitrogens with one attached hydrogen (secondary N) is 1. The van der Waals surface area contributed by atoms with Gasteiger partial charge in [-0.25, -0.2) is 4.98 Å². The summed E-state index contributed by atoms with van der Waals surface area (Å²) in [5.74, 6) is 2.14. The Morgan fingerprint density at radius 3 is 2.38 bits per heavy atom. The maximum atomic E-state index is 5.68. The molecule has 1 rings (SSSR count). The minimum Gasteiger partial charge on any atom is -0.322 e. The van der Waals surface area contributed by atoms with Crippen LogP contribution in [0.25, 0.3) is 0 Å². The van der Waals surface area contributed by atoms with Gasteiger partial charge < -0.3 is 5.73 Å². The Hall–Kier alpha value is -0.900. The second-order valence-electron chi connectivity index (χ2n) is 3.38. The molecule has 1 aromatic heterocycles. The molecule has 3 N–H and O–H groups in total. The molecule has 0 aliphatic heterocycles. The summed E-state index contributed by atoms with van der Waals surface area (Å²) >= 11 is 0. The molecule has 1 aromatic rings. The van der Waals surface area contributed by atoms with Crippen LogP contribution in [0.4, 0.5) is 0 Å². The van der Waals surface area contributed by atoms with Crippen molar-refractivity contribution in [2.45, 2.75) is 45.6 Å². The molecule has 0 amide bonds. The highest BCUT2D eigenvalue weighted by Crippen LogP contribution is 2.19. The lowest BCUT2D eigenvalue weighted by Gasteiger charge is -2.05. The predicted molar refractivity (Wildman–Crippen MR) is 52.3 cm³/mol. The third-order valence-electron chi connectivity index (χ3n) is 2.30. The number of hydrogen-bond donors (Lipinski definition) is 2. The molecule has 0 fully saturated rings. The van der Waals surface area contributed by atoms with Crippen LogP contribution in [0.15, 0.2) is 0 Å². The van der Waals surface area contributed by atoms with Crippen LogP contribution in [0.2, 0.25) is 0 Å². The van der Waals surface area contributed by atoms with Crippen LogP contribution in [0.3, 0.4) is 0 Å². The third-order valence-corrected chi connectivity index (χ3v) is 2.30. The lowest BCUT2D eigenvalue weighted by molar-refractivity contribution is 0.603. The molecular weight excluding hydrogens is 164 g/mol. The van der Waals surface area contributed by atoms with E-state index in [0.29, 0.717) is 5.92 Å². The summed E-state index contributed by atoms with van der Waals surface area (Å²) in [6.45, 7) is 6.20. The van der Waals surface area contributed by atoms with Crippen LogP contribution in [0.5, 0.6) is 0 Å². The molecule has 0 saturated heterocycles. The first-order valence-electron chi connectivity index (χ1n) is 4.86. The monoisotopic (exact) mass is 182 g/mol. The molecule has 4 heteroatoms. The zero-order valence-electron chi connectivity index (χ0n) is 8.54. The highest BCUT2D eigenvalue weighted by Gasteiger charge is 2.13. The van der Waals surface area contributed by atoms with Gasteiger partial charge in [0.05, 0.1) is 6.04 Å². The first-order chi connectivity index (χ1) is 6.19. The average Bonchev–Trinajstić information content (AvgIpc) is 2.56. The normalized spacial score (nSPS) is 13.6. The second kappa shape index (κ2) is 4.37. The fourth-order valence-electron chi connectivity index (χ4n) is 1.33. The van der Waals surface area contributed by atoms with Crippen LogP contribution in [-0.4, -0.2) is 15.2 Å². The molecular formula is C9H18N4. The quantitative estimate of drug-likeness (QED) is 0.745. The van der Waals surface area contributed by atoms with Gasteiger partial charge in [-0.15, -0.1) is 0 Å². The van der Waals surface area contributed by atoms with Crippen molar-refractivity contribution < 1.29 is 0 Å². The van der Waals surface area contributed by atoms with Crippen molar-refractivity contribution in [3.63, 3.8) is 0 Å². The van der Waals surface area contributed by atoms with Gasteiger partial charge in [-0.3, -0.25) is 5.10 Å². The van der Waals surface area contributed by atoms with E-state index < -0.39 is 0 Å². The summed E-state index contributed by atoms with van der Waals surface area (Å²) in [5, 5.41) is 7.03. The predicted octanol–water partition coefficient (Wildman–Crippen LogP) is 1.73. The molecule has 0 aliphatic rings. The van der Waals surface area contributed by atoms with E-state index in [4.69, 9.17) is 5.73 Å². The van der Waals surface area contributed by atoms with Crippen molar-refractivity contribution in [2.75, 3.05) is 0 Å². The van der Waals surface area contributed by atoms with Gasteiger partial charge in [-0.1, -0.05) is 13.8 Å². The number of nitrogens with zero attached hydrogens (tertiary/aromatic N) is 2. The van der Waals surface area contributed by atoms with Crippen molar-refractivity contribution in [1.29, 1.82) is 0 Å². The molecule has 0 aromatic carbocycles. The fourth-order valence-corrected chi connectivity index (χ4v) is 1.33. The number of nitrogens with two attached hydrogens (primary N) is 1. The number of aromatic amines is 1. The summed E-state index contributed by atoms with van der Waals surface area (Å²) < 4.78 is 0. The molecule has 0 radical (unpaired) electrons. The molecule has 4 nitrogen and oxygen atoms in total. The van der Waals surface area contributed by atoms with Gasteiger partial charge in [-0.05, 0) is 19.8 Å². The van der Waals surface area contributed by atoms with Crippen LogP contribution in [0.1, 0.15) is 57.2 Å². The van der Waals surface area contributed by atoms with E-state index >= 15 is 0 Å². The van der Waals surface area contributed by atoms with E-state index in [9.17, 15) is 0 Å². The van der Waals surface area contributed by atoms with Crippen LogP contribution in [-0.2, 0) is 0 Å². The van der Waals surface area contributed by atoms with E-state index in [-0.39, 0.29) is 6.04 Å². The summed E-state index contributed by atoms with van der Waals surface area (Å²) in [6.07, 6.45) is 2.15. The fraction of sp³-hybridized carbons (Fsp3) is 0.778. The van der Waals surface area contributed by atoms with Crippen LogP contribution in [0, 0.1) is 0 Å². The smallest absolute Gasteiger partial charge is 0.153 e. The summed E-state index contributed by atoms with van der Waals surface area (Å²) in [5.41, 5.74) is 5.68. The number of aromatic nitrogens is 3. The maximum absolute atomic E-state index is 5.68. The number of hydrogen-bond acceptors (Lipinski definition) is 3. The summed E-state index contributed by atoms with van der Waals surface area (Å²) in [6, 6.07) is -0.0596. The summed E-state index contributed by atoms with van der Waals surface area (Å²) in [7, 11) is 0. The Morgan fingerprint density at radius 1 is 1.38 bits per heavy atom. The Kier molecular flexibility index (Phi) is 3.42. The van der Waals surface area contributed by atoms with Gasteiger partial charge >= 0.3 is 0 Å². The molecule has 0 aliphatic carbocycles. The standard InChI is InChI=1S/C9H18N4/c1-4-7(5-2)9-11-8(6(3)10)12-13-9/h6-7H,4-5,10H2,1-3H3,(H,11,12,13). The molecule has 74 valence electrons. The number of rotatable bonds is 4. The van der Waals surface area contributed by atoms with Crippen molar-refractivity contribution in [3.05, 3.63) is 11.6 Å². The van der Waals surface area contributed by atoms with Gasteiger partial charge in [0.2, 0.25) is 0 Å². The van der Waals surface area contributed by atoms with Crippen molar-refractivity contribution in [1.82, 2.24) is 15.2 Å². The van der Waals surface area contributed by atoms with Crippen LogP contribution < -0.4 is 5.73 Å². The van der Waals surface area contributed by atoms with Crippen molar-refractivity contribution >= 4 is 0 Å². The molecule has 1 heterocycles. The molecule has 1 atom stereocenters. The largest absolute Gasteiger partial charge is 0.322 e. The number of H-pyrrole nitrogens is 1. The van der Waals surface area contributed by atoms with E-state index in [0.717, 1.165) is 24.5 Å². The Balaban J connectivity index is 2.78. The van der Waals surface area contributed by atoms with Gasteiger partial charge in [-0.2, -0.15) is 5.10 Å².